The number of halogens is 5. The normalized spacial score (nSPS) is 11.5. The number of pyridine rings is 1. The average Bonchev–Trinajstić information content (AvgIpc) is 2.73. The summed E-state index contributed by atoms with van der Waals surface area (Å²) >= 11 is 6.29. The van der Waals surface area contributed by atoms with E-state index in [0.29, 0.717) is 23.3 Å². The van der Waals surface area contributed by atoms with Gasteiger partial charge in [-0.15, -0.1) is 0 Å². The first kappa shape index (κ1) is 22.4. The maximum absolute atomic E-state index is 13.0. The maximum Gasteiger partial charge on any atom is 0.417 e. The molecule has 1 aromatic heterocycles. The van der Waals surface area contributed by atoms with Crippen LogP contribution in [0.3, 0.4) is 0 Å². The summed E-state index contributed by atoms with van der Waals surface area (Å²) in [6, 6.07) is 11.1. The van der Waals surface area contributed by atoms with Gasteiger partial charge in [0.05, 0.1) is 23.9 Å². The van der Waals surface area contributed by atoms with Gasteiger partial charge in [0.15, 0.2) is 11.5 Å². The van der Waals surface area contributed by atoms with Gasteiger partial charge in [-0.3, -0.25) is 5.43 Å². The van der Waals surface area contributed by atoms with Gasteiger partial charge in [0, 0.05) is 6.20 Å². The largest absolute Gasteiger partial charge is 0.493 e. The minimum atomic E-state index is -4.46. The number of hydrazone groups is 1. The van der Waals surface area contributed by atoms with Crippen LogP contribution in [0.5, 0.6) is 11.5 Å². The lowest BCUT2D eigenvalue weighted by atomic mass is 10.2. The van der Waals surface area contributed by atoms with Crippen LogP contribution in [0.1, 0.15) is 16.7 Å². The van der Waals surface area contributed by atoms with E-state index in [1.165, 1.54) is 31.5 Å². The summed E-state index contributed by atoms with van der Waals surface area (Å²) in [6.07, 6.45) is -2.34. The number of alkyl halides is 3. The molecule has 0 fully saturated rings. The molecular formula is C21H16ClF4N3O2. The highest BCUT2D eigenvalue weighted by Crippen LogP contribution is 2.36. The van der Waals surface area contributed by atoms with Crippen LogP contribution in [0.2, 0.25) is 5.02 Å². The fourth-order valence-electron chi connectivity index (χ4n) is 2.49. The van der Waals surface area contributed by atoms with E-state index in [-0.39, 0.29) is 23.3 Å². The van der Waals surface area contributed by atoms with Gasteiger partial charge in [-0.2, -0.15) is 18.3 Å². The minimum absolute atomic E-state index is 0.140. The summed E-state index contributed by atoms with van der Waals surface area (Å²) in [5, 5.41) is 4.20. The number of hydrogen-bond donors (Lipinski definition) is 1. The molecule has 3 aromatic rings. The van der Waals surface area contributed by atoms with Crippen LogP contribution >= 0.6 is 11.6 Å². The number of nitrogens with one attached hydrogen (secondary N) is 1. The zero-order valence-electron chi connectivity index (χ0n) is 16.1. The molecule has 0 spiro atoms. The molecule has 0 aliphatic heterocycles. The fourth-order valence-corrected chi connectivity index (χ4v) is 2.76. The molecule has 0 amide bonds. The van der Waals surface area contributed by atoms with Crippen molar-refractivity contribution in [2.45, 2.75) is 12.8 Å². The quantitative estimate of drug-likeness (QED) is 0.274. The molecule has 10 heteroatoms. The Labute approximate surface area is 180 Å². The van der Waals surface area contributed by atoms with Crippen molar-refractivity contribution in [1.29, 1.82) is 0 Å². The molecule has 0 unspecified atom stereocenters. The van der Waals surface area contributed by atoms with E-state index in [2.05, 4.69) is 15.5 Å². The van der Waals surface area contributed by atoms with Crippen molar-refractivity contribution in [2.75, 3.05) is 12.5 Å². The highest BCUT2D eigenvalue weighted by atomic mass is 35.5. The van der Waals surface area contributed by atoms with E-state index >= 15 is 0 Å². The Morgan fingerprint density at radius 2 is 1.87 bits per heavy atom. The Morgan fingerprint density at radius 1 is 1.13 bits per heavy atom. The zero-order chi connectivity index (χ0) is 22.4. The van der Waals surface area contributed by atoms with Gasteiger partial charge in [0.1, 0.15) is 18.2 Å². The highest BCUT2D eigenvalue weighted by molar-refractivity contribution is 6.32. The van der Waals surface area contributed by atoms with Crippen LogP contribution in [0.15, 0.2) is 59.8 Å². The second-order valence-corrected chi connectivity index (χ2v) is 6.66. The van der Waals surface area contributed by atoms with E-state index in [0.717, 1.165) is 11.6 Å². The number of nitrogens with zero attached hydrogens (tertiary/aromatic N) is 2. The van der Waals surface area contributed by atoms with Crippen LogP contribution in [-0.2, 0) is 12.8 Å². The van der Waals surface area contributed by atoms with Crippen molar-refractivity contribution in [1.82, 2.24) is 4.98 Å². The van der Waals surface area contributed by atoms with Crippen LogP contribution < -0.4 is 14.9 Å². The van der Waals surface area contributed by atoms with Crippen molar-refractivity contribution in [3.05, 3.63) is 82.3 Å². The first-order valence-electron chi connectivity index (χ1n) is 8.83. The number of anilines is 1. The predicted molar refractivity (Wildman–Crippen MR) is 109 cm³/mol. The summed E-state index contributed by atoms with van der Waals surface area (Å²) in [7, 11) is 1.45. The topological polar surface area (TPSA) is 55.7 Å². The van der Waals surface area contributed by atoms with Crippen LogP contribution in [0, 0.1) is 5.82 Å². The minimum Gasteiger partial charge on any atom is -0.493 e. The lowest BCUT2D eigenvalue weighted by Gasteiger charge is -2.13. The summed E-state index contributed by atoms with van der Waals surface area (Å²) in [5.41, 5.74) is 2.99. The Kier molecular flexibility index (Phi) is 6.96. The number of aromatic nitrogens is 1. The number of rotatable bonds is 7. The molecule has 0 radical (unpaired) electrons. The Hall–Kier alpha value is -3.33. The van der Waals surface area contributed by atoms with Gasteiger partial charge in [0.25, 0.3) is 0 Å². The molecule has 3 rings (SSSR count). The molecular weight excluding hydrogens is 438 g/mol. The van der Waals surface area contributed by atoms with Gasteiger partial charge in [-0.05, 0) is 47.5 Å². The monoisotopic (exact) mass is 453 g/mol. The SMILES string of the molecule is COc1cc(/C=N\Nc2ccc(C(F)(F)F)cn2)cc(Cl)c1OCc1ccc(F)cc1. The fraction of sp³-hybridized carbons (Fsp3) is 0.143. The molecule has 31 heavy (non-hydrogen) atoms. The van der Waals surface area contributed by atoms with E-state index in [1.54, 1.807) is 24.3 Å². The Balaban J connectivity index is 1.68. The van der Waals surface area contributed by atoms with E-state index < -0.39 is 11.7 Å². The van der Waals surface area contributed by atoms with Gasteiger partial charge in [0.2, 0.25) is 0 Å². The first-order chi connectivity index (χ1) is 14.8. The van der Waals surface area contributed by atoms with Gasteiger partial charge in [-0.1, -0.05) is 23.7 Å². The van der Waals surface area contributed by atoms with Crippen LogP contribution in [0.4, 0.5) is 23.4 Å². The molecule has 0 aliphatic rings. The lowest BCUT2D eigenvalue weighted by molar-refractivity contribution is -0.137. The second kappa shape index (κ2) is 9.65. The number of methoxy groups -OCH3 is 1. The zero-order valence-corrected chi connectivity index (χ0v) is 16.8. The number of benzene rings is 2. The second-order valence-electron chi connectivity index (χ2n) is 6.25. The predicted octanol–water partition coefficient (Wildman–Crippen LogP) is 5.93. The standard InChI is InChI=1S/C21H16ClF4N3O2/c1-30-18-9-14(10-28-29-19-7-4-15(11-27-19)21(24,25)26)8-17(22)20(18)31-12-13-2-5-16(23)6-3-13/h2-11H,12H2,1H3,(H,27,29)/b28-10-. The highest BCUT2D eigenvalue weighted by Gasteiger charge is 2.30. The van der Waals surface area contributed by atoms with Crippen molar-refractivity contribution in [3.8, 4) is 11.5 Å². The van der Waals surface area contributed by atoms with Crippen LogP contribution in [0.25, 0.3) is 0 Å². The maximum atomic E-state index is 13.0. The first-order valence-corrected chi connectivity index (χ1v) is 9.21. The average molecular weight is 454 g/mol. The third-order valence-electron chi connectivity index (χ3n) is 4.03. The number of hydrogen-bond acceptors (Lipinski definition) is 5. The number of ether oxygens (including phenoxy) is 2. The van der Waals surface area contributed by atoms with Crippen molar-refractivity contribution < 1.29 is 27.0 Å². The van der Waals surface area contributed by atoms with Crippen molar-refractivity contribution >= 4 is 23.6 Å². The van der Waals surface area contributed by atoms with E-state index in [9.17, 15) is 17.6 Å². The molecule has 0 atom stereocenters. The third-order valence-corrected chi connectivity index (χ3v) is 4.31. The molecule has 1 N–H and O–H groups in total. The van der Waals surface area contributed by atoms with Crippen molar-refractivity contribution in [3.63, 3.8) is 0 Å². The summed E-state index contributed by atoms with van der Waals surface area (Å²) < 4.78 is 61.7. The van der Waals surface area contributed by atoms with E-state index in [1.807, 2.05) is 0 Å². The molecule has 0 bridgehead atoms. The summed E-state index contributed by atoms with van der Waals surface area (Å²) in [6.45, 7) is 0.158. The molecule has 0 saturated carbocycles. The lowest BCUT2D eigenvalue weighted by Crippen LogP contribution is -2.05. The van der Waals surface area contributed by atoms with E-state index in [4.69, 9.17) is 21.1 Å². The smallest absolute Gasteiger partial charge is 0.417 e. The Bertz CT molecular complexity index is 1060. The molecule has 162 valence electrons. The van der Waals surface area contributed by atoms with Gasteiger partial charge < -0.3 is 9.47 Å². The molecule has 5 nitrogen and oxygen atoms in total. The molecule has 0 saturated heterocycles. The molecule has 1 heterocycles. The summed E-state index contributed by atoms with van der Waals surface area (Å²) in [5.74, 6) is 0.455. The molecule has 2 aromatic carbocycles. The summed E-state index contributed by atoms with van der Waals surface area (Å²) in [4.78, 5) is 3.66. The molecule has 0 aliphatic carbocycles. The van der Waals surface area contributed by atoms with Gasteiger partial charge >= 0.3 is 6.18 Å². The Morgan fingerprint density at radius 3 is 2.48 bits per heavy atom. The van der Waals surface area contributed by atoms with Crippen LogP contribution in [-0.4, -0.2) is 18.3 Å². The third kappa shape index (κ3) is 6.08. The van der Waals surface area contributed by atoms with Gasteiger partial charge in [-0.25, -0.2) is 9.37 Å². The van der Waals surface area contributed by atoms with Crippen molar-refractivity contribution in [2.24, 2.45) is 5.10 Å².